The summed E-state index contributed by atoms with van der Waals surface area (Å²) < 4.78 is 37.4. The van der Waals surface area contributed by atoms with E-state index in [1.165, 1.54) is 6.20 Å². The average Bonchev–Trinajstić information content (AvgIpc) is 2.45. The van der Waals surface area contributed by atoms with E-state index in [1.807, 2.05) is 0 Å². The van der Waals surface area contributed by atoms with Gasteiger partial charge in [0.05, 0.1) is 0 Å². The molecule has 2 rings (SSSR count). The molecule has 1 aliphatic carbocycles. The van der Waals surface area contributed by atoms with E-state index >= 15 is 0 Å². The van der Waals surface area contributed by atoms with Gasteiger partial charge in [0.25, 0.3) is 0 Å². The Balaban J connectivity index is 0.000000980. The van der Waals surface area contributed by atoms with Crippen molar-refractivity contribution >= 4 is 6.98 Å². The van der Waals surface area contributed by atoms with Gasteiger partial charge in [0, 0.05) is 11.9 Å². The number of nitrogens with zero attached hydrogens (tertiary/aromatic N) is 1. The second-order valence-corrected chi connectivity index (χ2v) is 3.32. The van der Waals surface area contributed by atoms with Crippen molar-refractivity contribution in [2.75, 3.05) is 0 Å². The van der Waals surface area contributed by atoms with Crippen molar-refractivity contribution in [3.05, 3.63) is 29.6 Å². The van der Waals surface area contributed by atoms with E-state index in [0.29, 0.717) is 6.42 Å². The predicted molar refractivity (Wildman–Crippen MR) is 44.4 cm³/mol. The van der Waals surface area contributed by atoms with Crippen LogP contribution in [0.2, 0.25) is 0 Å². The molecule has 0 fully saturated rings. The molecule has 0 saturated heterocycles. The first-order chi connectivity index (χ1) is 6.09. The molecule has 1 aliphatic rings. The molecule has 14 heavy (non-hydrogen) atoms. The third-order valence-corrected chi connectivity index (χ3v) is 2.46. The monoisotopic (exact) mass is 225 g/mol. The van der Waals surface area contributed by atoms with Gasteiger partial charge in [-0.2, -0.15) is 0 Å². The third-order valence-electron chi connectivity index (χ3n) is 2.46. The number of rotatable bonds is 1. The number of aryl methyl sites for hydroxylation is 1. The van der Waals surface area contributed by atoms with Gasteiger partial charge in [0.2, 0.25) is 0 Å². The van der Waals surface area contributed by atoms with Gasteiger partial charge < -0.3 is 12.9 Å². The zero-order chi connectivity index (χ0) is 9.47. The first-order valence-corrected chi connectivity index (χ1v) is 4.23. The van der Waals surface area contributed by atoms with Gasteiger partial charge in [-0.3, -0.25) is 4.98 Å². The molecular weight excluding hydrogens is 217 g/mol. The van der Waals surface area contributed by atoms with Crippen LogP contribution in [0.15, 0.2) is 18.3 Å². The first-order valence-electron chi connectivity index (χ1n) is 4.23. The number of aromatic nitrogens is 1. The maximum atomic E-state index is 12.5. The standard InChI is InChI=1S/C8H8BF3N.K/c10-9(11,12)7-4-3-6-2-1-5-13-8(6)7;/h1-2,5,7H,3-4H2;/q-1;+1. The predicted octanol–water partition coefficient (Wildman–Crippen LogP) is -0.498. The van der Waals surface area contributed by atoms with Gasteiger partial charge in [-0.15, -0.1) is 0 Å². The van der Waals surface area contributed by atoms with Gasteiger partial charge in [-0.1, -0.05) is 12.5 Å². The van der Waals surface area contributed by atoms with E-state index in [-0.39, 0.29) is 63.5 Å². The van der Waals surface area contributed by atoms with E-state index in [9.17, 15) is 12.9 Å². The van der Waals surface area contributed by atoms with Gasteiger partial charge in [-0.25, -0.2) is 0 Å². The Labute approximate surface area is 123 Å². The van der Waals surface area contributed by atoms with Crippen molar-refractivity contribution in [3.63, 3.8) is 0 Å². The van der Waals surface area contributed by atoms with Crippen LogP contribution >= 0.6 is 0 Å². The molecule has 0 bridgehead atoms. The van der Waals surface area contributed by atoms with Crippen LogP contribution in [0.1, 0.15) is 23.5 Å². The minimum absolute atomic E-state index is 0. The second kappa shape index (κ2) is 4.65. The maximum Gasteiger partial charge on any atom is 1.00 e. The second-order valence-electron chi connectivity index (χ2n) is 3.32. The normalized spacial score (nSPS) is 20.1. The molecule has 0 radical (unpaired) electrons. The van der Waals surface area contributed by atoms with Crippen molar-refractivity contribution in [1.82, 2.24) is 4.98 Å². The summed E-state index contributed by atoms with van der Waals surface area (Å²) in [5.74, 6) is -1.28. The number of fused-ring (bicyclic) bond motifs is 1. The first kappa shape index (κ1) is 12.7. The Morgan fingerprint density at radius 1 is 1.36 bits per heavy atom. The molecule has 0 N–H and O–H groups in total. The van der Waals surface area contributed by atoms with Crippen LogP contribution in [-0.4, -0.2) is 12.0 Å². The van der Waals surface area contributed by atoms with Gasteiger partial charge >= 0.3 is 58.4 Å². The van der Waals surface area contributed by atoms with Crippen LogP contribution in [0.5, 0.6) is 0 Å². The SMILES string of the molecule is F[B-](F)(F)C1CCc2cccnc21.[K+]. The summed E-state index contributed by atoms with van der Waals surface area (Å²) in [7, 11) is 0. The molecule has 1 nitrogen and oxygen atoms in total. The molecule has 0 spiro atoms. The largest absolute Gasteiger partial charge is 1.00 e. The summed E-state index contributed by atoms with van der Waals surface area (Å²) in [5.41, 5.74) is 1.00. The third kappa shape index (κ3) is 2.41. The molecule has 1 heterocycles. The van der Waals surface area contributed by atoms with Crippen LogP contribution in [0.3, 0.4) is 0 Å². The fraction of sp³-hybridized carbons (Fsp3) is 0.375. The van der Waals surface area contributed by atoms with E-state index in [0.717, 1.165) is 5.56 Å². The van der Waals surface area contributed by atoms with Crippen LogP contribution in [-0.2, 0) is 6.42 Å². The van der Waals surface area contributed by atoms with Gasteiger partial charge in [0.15, 0.2) is 0 Å². The Morgan fingerprint density at radius 3 is 2.71 bits per heavy atom. The maximum absolute atomic E-state index is 12.5. The van der Waals surface area contributed by atoms with Gasteiger partial charge in [0.1, 0.15) is 0 Å². The Morgan fingerprint density at radius 2 is 2.07 bits per heavy atom. The Bertz CT molecular complexity index is 329. The zero-order valence-electron chi connectivity index (χ0n) is 7.88. The van der Waals surface area contributed by atoms with Crippen LogP contribution in [0.25, 0.3) is 0 Å². The van der Waals surface area contributed by atoms with Crippen LogP contribution in [0.4, 0.5) is 12.9 Å². The summed E-state index contributed by atoms with van der Waals surface area (Å²) in [5, 5.41) is 0. The van der Waals surface area contributed by atoms with Gasteiger partial charge in [-0.05, 0) is 23.9 Å². The van der Waals surface area contributed by atoms with Crippen LogP contribution in [0, 0.1) is 0 Å². The van der Waals surface area contributed by atoms with Crippen molar-refractivity contribution < 1.29 is 64.3 Å². The molecular formula is C8H8BF3KN. The Kier molecular flexibility index (Phi) is 4.23. The topological polar surface area (TPSA) is 12.9 Å². The molecule has 0 aromatic carbocycles. The zero-order valence-corrected chi connectivity index (χ0v) is 11.0. The molecule has 1 aromatic rings. The molecule has 6 heteroatoms. The molecule has 0 amide bonds. The molecule has 0 saturated carbocycles. The van der Waals surface area contributed by atoms with Crippen LogP contribution < -0.4 is 51.4 Å². The molecule has 1 atom stereocenters. The van der Waals surface area contributed by atoms with E-state index in [4.69, 9.17) is 0 Å². The molecule has 70 valence electrons. The molecule has 1 unspecified atom stereocenters. The van der Waals surface area contributed by atoms with Crippen molar-refractivity contribution in [2.45, 2.75) is 18.7 Å². The quantitative estimate of drug-likeness (QED) is 0.587. The molecule has 0 aliphatic heterocycles. The van der Waals surface area contributed by atoms with E-state index < -0.39 is 12.8 Å². The summed E-state index contributed by atoms with van der Waals surface area (Å²) in [6, 6.07) is 3.41. The van der Waals surface area contributed by atoms with Crippen molar-refractivity contribution in [1.29, 1.82) is 0 Å². The summed E-state index contributed by atoms with van der Waals surface area (Å²) >= 11 is 0. The van der Waals surface area contributed by atoms with Crippen molar-refractivity contribution in [3.8, 4) is 0 Å². The summed E-state index contributed by atoms with van der Waals surface area (Å²) in [4.78, 5) is 3.80. The summed E-state index contributed by atoms with van der Waals surface area (Å²) in [6.07, 6.45) is 2.11. The van der Waals surface area contributed by atoms with E-state index in [2.05, 4.69) is 4.98 Å². The molecule has 1 aromatic heterocycles. The minimum Gasteiger partial charge on any atom is -0.448 e. The fourth-order valence-corrected chi connectivity index (χ4v) is 1.81. The Hall–Kier alpha value is 0.641. The van der Waals surface area contributed by atoms with E-state index in [1.54, 1.807) is 12.1 Å². The number of hydrogen-bond donors (Lipinski definition) is 0. The smallest absolute Gasteiger partial charge is 0.448 e. The number of hydrogen-bond acceptors (Lipinski definition) is 1. The minimum atomic E-state index is -4.77. The van der Waals surface area contributed by atoms with Crippen molar-refractivity contribution in [2.24, 2.45) is 0 Å². The summed E-state index contributed by atoms with van der Waals surface area (Å²) in [6.45, 7) is -4.77. The number of halogens is 3. The average molecular weight is 225 g/mol. The number of pyridine rings is 1. The fourth-order valence-electron chi connectivity index (χ4n) is 1.81.